The first kappa shape index (κ1) is 20.6. The molecule has 0 aliphatic carbocycles. The molecule has 0 aliphatic rings. The summed E-state index contributed by atoms with van der Waals surface area (Å²) in [5, 5.41) is 20.8. The smallest absolute Gasteiger partial charge is 0.170 e. The van der Waals surface area contributed by atoms with Crippen LogP contribution in [0.15, 0.2) is 42.5 Å². The van der Waals surface area contributed by atoms with Gasteiger partial charge in [0.05, 0.1) is 11.1 Å². The average molecular weight is 404 g/mol. The van der Waals surface area contributed by atoms with Gasteiger partial charge in [0, 0.05) is 24.2 Å². The Morgan fingerprint density at radius 3 is 2.62 bits per heavy atom. The first-order chi connectivity index (χ1) is 14.0. The van der Waals surface area contributed by atoms with Crippen LogP contribution in [-0.4, -0.2) is 23.2 Å². The molecule has 0 radical (unpaired) electrons. The molecule has 3 N–H and O–H groups in total. The number of pyridine rings is 1. The molecule has 0 amide bonds. The van der Waals surface area contributed by atoms with Crippen molar-refractivity contribution in [3.05, 3.63) is 64.7 Å². The zero-order valence-electron chi connectivity index (χ0n) is 17.0. The highest BCUT2D eigenvalue weighted by molar-refractivity contribution is 7.80. The van der Waals surface area contributed by atoms with Gasteiger partial charge >= 0.3 is 0 Å². The molecule has 0 atom stereocenters. The van der Waals surface area contributed by atoms with Gasteiger partial charge in [0.2, 0.25) is 0 Å². The van der Waals surface area contributed by atoms with Crippen LogP contribution in [0.2, 0.25) is 0 Å². The largest absolute Gasteiger partial charge is 0.369 e. The van der Waals surface area contributed by atoms with Gasteiger partial charge < -0.3 is 16.0 Å². The normalized spacial score (nSPS) is 10.4. The van der Waals surface area contributed by atoms with Crippen molar-refractivity contribution in [2.75, 3.05) is 23.7 Å². The van der Waals surface area contributed by atoms with Crippen molar-refractivity contribution in [2.45, 2.75) is 27.2 Å². The summed E-state index contributed by atoms with van der Waals surface area (Å²) in [5.41, 5.74) is 5.93. The number of thiocarbonyl (C=S) groups is 1. The van der Waals surface area contributed by atoms with Crippen LogP contribution in [0.1, 0.15) is 28.7 Å². The molecule has 0 saturated heterocycles. The van der Waals surface area contributed by atoms with Crippen molar-refractivity contribution in [1.29, 1.82) is 5.26 Å². The monoisotopic (exact) mass is 403 g/mol. The molecule has 0 aliphatic heterocycles. The Kier molecular flexibility index (Phi) is 6.63. The Balaban J connectivity index is 1.54. The van der Waals surface area contributed by atoms with Crippen molar-refractivity contribution in [1.82, 2.24) is 10.3 Å². The summed E-state index contributed by atoms with van der Waals surface area (Å²) in [6, 6.07) is 16.4. The molecule has 3 rings (SSSR count). The van der Waals surface area contributed by atoms with E-state index in [2.05, 4.69) is 41.1 Å². The lowest BCUT2D eigenvalue weighted by Gasteiger charge is -2.13. The highest BCUT2D eigenvalue weighted by Crippen LogP contribution is 2.24. The first-order valence-electron chi connectivity index (χ1n) is 9.64. The molecule has 6 heteroatoms. The quantitative estimate of drug-likeness (QED) is 0.405. The number of rotatable bonds is 6. The number of aryl methyl sites for hydroxylation is 3. The lowest BCUT2D eigenvalue weighted by molar-refractivity contribution is 0.807. The summed E-state index contributed by atoms with van der Waals surface area (Å²) in [7, 11) is 0. The molecule has 1 heterocycles. The number of hydrogen-bond donors (Lipinski definition) is 3. The molecule has 29 heavy (non-hydrogen) atoms. The van der Waals surface area contributed by atoms with Crippen LogP contribution in [0.4, 0.5) is 11.5 Å². The molecule has 5 nitrogen and oxygen atoms in total. The van der Waals surface area contributed by atoms with Gasteiger partial charge in [0.15, 0.2) is 5.11 Å². The van der Waals surface area contributed by atoms with E-state index in [1.165, 1.54) is 5.56 Å². The highest BCUT2D eigenvalue weighted by atomic mass is 32.1. The number of fused-ring (bicyclic) bond motifs is 1. The van der Waals surface area contributed by atoms with Crippen LogP contribution in [0.5, 0.6) is 0 Å². The minimum Gasteiger partial charge on any atom is -0.369 e. The van der Waals surface area contributed by atoms with Gasteiger partial charge in [-0.2, -0.15) is 5.26 Å². The maximum Gasteiger partial charge on any atom is 0.170 e. The van der Waals surface area contributed by atoms with Gasteiger partial charge in [-0.05, 0) is 68.7 Å². The Morgan fingerprint density at radius 1 is 1.07 bits per heavy atom. The lowest BCUT2D eigenvalue weighted by Crippen LogP contribution is -2.30. The van der Waals surface area contributed by atoms with Crippen molar-refractivity contribution in [3.8, 4) is 6.07 Å². The van der Waals surface area contributed by atoms with Crippen molar-refractivity contribution in [2.24, 2.45) is 0 Å². The Bertz CT molecular complexity index is 1080. The number of para-hydroxylation sites is 1. The molecular formula is C23H25N5S. The first-order valence-corrected chi connectivity index (χ1v) is 10.0. The molecular weight excluding hydrogens is 378 g/mol. The minimum atomic E-state index is 0.562. The van der Waals surface area contributed by atoms with Gasteiger partial charge in [0.1, 0.15) is 11.9 Å². The second-order valence-electron chi connectivity index (χ2n) is 7.13. The van der Waals surface area contributed by atoms with E-state index < -0.39 is 0 Å². The molecule has 2 aromatic carbocycles. The number of aromatic nitrogens is 1. The van der Waals surface area contributed by atoms with E-state index in [1.54, 1.807) is 0 Å². The molecule has 0 saturated carbocycles. The molecule has 0 unspecified atom stereocenters. The number of nitriles is 1. The van der Waals surface area contributed by atoms with Crippen LogP contribution in [0.25, 0.3) is 10.9 Å². The molecule has 148 valence electrons. The van der Waals surface area contributed by atoms with E-state index in [-0.39, 0.29) is 0 Å². The summed E-state index contributed by atoms with van der Waals surface area (Å²) in [6.07, 6.45) is 0.840. The number of nitrogens with zero attached hydrogens (tertiary/aromatic N) is 2. The predicted molar refractivity (Wildman–Crippen MR) is 124 cm³/mol. The number of nitrogens with one attached hydrogen (secondary N) is 3. The van der Waals surface area contributed by atoms with Crippen molar-refractivity contribution >= 4 is 39.7 Å². The van der Waals surface area contributed by atoms with E-state index in [1.807, 2.05) is 44.2 Å². The molecule has 0 bridgehead atoms. The van der Waals surface area contributed by atoms with E-state index in [4.69, 9.17) is 17.2 Å². The van der Waals surface area contributed by atoms with E-state index in [0.29, 0.717) is 23.0 Å². The predicted octanol–water partition coefficient (Wildman–Crippen LogP) is 4.82. The van der Waals surface area contributed by atoms with Crippen molar-refractivity contribution in [3.63, 3.8) is 0 Å². The van der Waals surface area contributed by atoms with Crippen LogP contribution >= 0.6 is 12.2 Å². The Morgan fingerprint density at radius 2 is 1.86 bits per heavy atom. The summed E-state index contributed by atoms with van der Waals surface area (Å²) in [6.45, 7) is 7.55. The topological polar surface area (TPSA) is 72.8 Å². The highest BCUT2D eigenvalue weighted by Gasteiger charge is 2.09. The van der Waals surface area contributed by atoms with Crippen LogP contribution < -0.4 is 16.0 Å². The fraction of sp³-hybridized carbons (Fsp3) is 0.261. The van der Waals surface area contributed by atoms with Gasteiger partial charge in [-0.25, -0.2) is 4.98 Å². The molecule has 1 aromatic heterocycles. The molecule has 3 aromatic rings. The van der Waals surface area contributed by atoms with Crippen molar-refractivity contribution < 1.29 is 0 Å². The molecule has 0 spiro atoms. The van der Waals surface area contributed by atoms with Crippen LogP contribution in [0, 0.1) is 32.1 Å². The summed E-state index contributed by atoms with van der Waals surface area (Å²) >= 11 is 5.36. The van der Waals surface area contributed by atoms with Gasteiger partial charge in [-0.3, -0.25) is 0 Å². The second-order valence-corrected chi connectivity index (χ2v) is 7.53. The number of anilines is 2. The SMILES string of the molecule is Cc1cc(C)c2nc(NCCCNC(=S)Nc3ccccc3C)c(C#N)cc2c1. The number of hydrogen-bond acceptors (Lipinski definition) is 4. The third-order valence-electron chi connectivity index (χ3n) is 4.70. The third kappa shape index (κ3) is 5.21. The van der Waals surface area contributed by atoms with Gasteiger partial charge in [0.25, 0.3) is 0 Å². The van der Waals surface area contributed by atoms with E-state index in [9.17, 15) is 5.26 Å². The minimum absolute atomic E-state index is 0.562. The van der Waals surface area contributed by atoms with E-state index >= 15 is 0 Å². The van der Waals surface area contributed by atoms with Crippen LogP contribution in [-0.2, 0) is 0 Å². The van der Waals surface area contributed by atoms with E-state index in [0.717, 1.165) is 40.7 Å². The van der Waals surface area contributed by atoms with Gasteiger partial charge in [-0.1, -0.05) is 29.8 Å². The zero-order valence-corrected chi connectivity index (χ0v) is 17.8. The van der Waals surface area contributed by atoms with Crippen LogP contribution in [0.3, 0.4) is 0 Å². The maximum atomic E-state index is 9.49. The van der Waals surface area contributed by atoms with Gasteiger partial charge in [-0.15, -0.1) is 0 Å². The fourth-order valence-electron chi connectivity index (χ4n) is 3.25. The zero-order chi connectivity index (χ0) is 20.8. The lowest BCUT2D eigenvalue weighted by atomic mass is 10.1. The summed E-state index contributed by atoms with van der Waals surface area (Å²) in [5.74, 6) is 0.632. The molecule has 0 fully saturated rings. The average Bonchev–Trinajstić information content (AvgIpc) is 2.69. The number of benzene rings is 2. The second kappa shape index (κ2) is 9.35. The standard InChI is InChI=1S/C23H25N5S/c1-15-11-17(3)21-18(12-15)13-19(14-24)22(28-21)25-9-6-10-26-23(29)27-20-8-5-4-7-16(20)2/h4-5,7-8,11-13H,6,9-10H2,1-3H3,(H,25,28)(H2,26,27,29). The summed E-state index contributed by atoms with van der Waals surface area (Å²) in [4.78, 5) is 4.69. The summed E-state index contributed by atoms with van der Waals surface area (Å²) < 4.78 is 0. The fourth-order valence-corrected chi connectivity index (χ4v) is 3.46. The Hall–Kier alpha value is -3.17. The third-order valence-corrected chi connectivity index (χ3v) is 4.94. The maximum absolute atomic E-state index is 9.49. The Labute approximate surface area is 177 Å².